The fourth-order valence-electron chi connectivity index (χ4n) is 4.21. The van der Waals surface area contributed by atoms with E-state index in [4.69, 9.17) is 9.72 Å². The molecule has 2 atom stereocenters. The van der Waals surface area contributed by atoms with Crippen molar-refractivity contribution in [2.24, 2.45) is 0 Å². The monoisotopic (exact) mass is 424 g/mol. The highest BCUT2D eigenvalue weighted by Gasteiger charge is 2.29. The first-order valence-corrected chi connectivity index (χ1v) is 11.5. The van der Waals surface area contributed by atoms with E-state index in [0.717, 1.165) is 37.0 Å². The van der Waals surface area contributed by atoms with Gasteiger partial charge in [-0.15, -0.1) is 11.3 Å². The maximum Gasteiger partial charge on any atom is 0.278 e. The molecule has 2 heterocycles. The molecular weight excluding hydrogens is 394 g/mol. The second-order valence-corrected chi connectivity index (χ2v) is 9.10. The Morgan fingerprint density at radius 3 is 2.80 bits per heavy atom. The summed E-state index contributed by atoms with van der Waals surface area (Å²) < 4.78 is 6.50. The molecule has 1 N–H and O–H groups in total. The number of amides is 1. The molecule has 3 aromatic rings. The number of piperidine rings is 1. The molecule has 0 spiro atoms. The van der Waals surface area contributed by atoms with Crippen LogP contribution in [0, 0.1) is 0 Å². The molecule has 0 saturated carbocycles. The Hall–Kier alpha value is -2.28. The normalized spacial score (nSPS) is 19.1. The minimum Gasteiger partial charge on any atom is -0.383 e. The molecule has 4 rings (SSSR count). The summed E-state index contributed by atoms with van der Waals surface area (Å²) in [6.07, 6.45) is 2.30. The van der Waals surface area contributed by atoms with Crippen LogP contribution >= 0.6 is 11.3 Å². The van der Waals surface area contributed by atoms with E-state index < -0.39 is 0 Å². The van der Waals surface area contributed by atoms with Gasteiger partial charge in [-0.05, 0) is 30.5 Å². The molecule has 2 aromatic carbocycles. The number of para-hydroxylation sites is 1. The van der Waals surface area contributed by atoms with Crippen LogP contribution in [0.2, 0.25) is 0 Å². The van der Waals surface area contributed by atoms with Gasteiger partial charge in [-0.1, -0.05) is 42.5 Å². The van der Waals surface area contributed by atoms with Crippen LogP contribution in [-0.4, -0.2) is 55.7 Å². The van der Waals surface area contributed by atoms with E-state index in [2.05, 4.69) is 30.3 Å². The fourth-order valence-corrected chi connectivity index (χ4v) is 5.31. The first-order valence-electron chi connectivity index (χ1n) is 10.7. The van der Waals surface area contributed by atoms with Gasteiger partial charge < -0.3 is 14.5 Å². The molecule has 30 heavy (non-hydrogen) atoms. The van der Waals surface area contributed by atoms with Gasteiger partial charge in [-0.2, -0.15) is 0 Å². The summed E-state index contributed by atoms with van der Waals surface area (Å²) in [4.78, 5) is 21.3. The summed E-state index contributed by atoms with van der Waals surface area (Å²) in [6.45, 7) is 4.39. The quantitative estimate of drug-likeness (QED) is 0.605. The Kier molecular flexibility index (Phi) is 7.10. The number of quaternary nitrogens is 1. The van der Waals surface area contributed by atoms with Crippen molar-refractivity contribution < 1.29 is 14.4 Å². The van der Waals surface area contributed by atoms with Crippen molar-refractivity contribution >= 4 is 27.5 Å². The number of carbonyl (C=O) groups excluding carboxylic acids is 1. The van der Waals surface area contributed by atoms with Crippen LogP contribution < -0.4 is 4.90 Å². The number of hydrogen-bond donors (Lipinski definition) is 1. The third-order valence-corrected chi connectivity index (χ3v) is 7.01. The van der Waals surface area contributed by atoms with Crippen LogP contribution in [0.15, 0.2) is 54.6 Å². The second kappa shape index (κ2) is 10.2. The SMILES string of the molecule is COCCN(Cc1ccccc1)C(=O)C[NH+]1CCC[C@H](c2nc3ccccc3s2)C1. The van der Waals surface area contributed by atoms with E-state index in [1.807, 2.05) is 40.5 Å². The average Bonchev–Trinajstić information content (AvgIpc) is 3.22. The van der Waals surface area contributed by atoms with Gasteiger partial charge in [0.1, 0.15) is 5.01 Å². The Bertz CT molecular complexity index is 926. The van der Waals surface area contributed by atoms with Gasteiger partial charge in [-0.25, -0.2) is 4.98 Å². The standard InChI is InChI=1S/C24H29N3O2S/c1-29-15-14-27(16-19-8-3-2-4-9-19)23(28)18-26-13-7-10-20(17-26)24-25-21-11-5-6-12-22(21)30-24/h2-6,8-9,11-12,20H,7,10,13-18H2,1H3/p+1/t20-/m0/s1. The molecule has 0 bridgehead atoms. The number of ether oxygens (including phenoxy) is 1. The molecule has 1 aliphatic heterocycles. The fraction of sp³-hybridized carbons (Fsp3) is 0.417. The maximum atomic E-state index is 13.1. The van der Waals surface area contributed by atoms with E-state index in [1.54, 1.807) is 7.11 Å². The number of methoxy groups -OCH3 is 1. The lowest BCUT2D eigenvalue weighted by Gasteiger charge is -2.30. The molecule has 1 amide bonds. The predicted molar refractivity (Wildman–Crippen MR) is 121 cm³/mol. The van der Waals surface area contributed by atoms with Crippen LogP contribution in [0.5, 0.6) is 0 Å². The lowest BCUT2D eigenvalue weighted by molar-refractivity contribution is -0.898. The minimum absolute atomic E-state index is 0.204. The number of likely N-dealkylation sites (tertiary alicyclic amines) is 1. The number of fused-ring (bicyclic) bond motifs is 1. The summed E-state index contributed by atoms with van der Waals surface area (Å²) in [5, 5.41) is 1.22. The summed E-state index contributed by atoms with van der Waals surface area (Å²) in [5.74, 6) is 0.649. The molecular formula is C24H30N3O2S+. The lowest BCUT2D eigenvalue weighted by atomic mass is 9.98. The number of rotatable bonds is 8. The number of carbonyl (C=O) groups is 1. The van der Waals surface area contributed by atoms with Crippen molar-refractivity contribution in [3.63, 3.8) is 0 Å². The van der Waals surface area contributed by atoms with Crippen molar-refractivity contribution in [3.05, 3.63) is 65.2 Å². The summed E-state index contributed by atoms with van der Waals surface area (Å²) in [6, 6.07) is 18.5. The lowest BCUT2D eigenvalue weighted by Crippen LogP contribution is -3.14. The highest BCUT2D eigenvalue weighted by molar-refractivity contribution is 7.18. The van der Waals surface area contributed by atoms with E-state index in [0.29, 0.717) is 32.2 Å². The molecule has 5 nitrogen and oxygen atoms in total. The average molecular weight is 425 g/mol. The minimum atomic E-state index is 0.204. The van der Waals surface area contributed by atoms with Gasteiger partial charge in [0, 0.05) is 20.2 Å². The van der Waals surface area contributed by atoms with Crippen LogP contribution in [0.3, 0.4) is 0 Å². The largest absolute Gasteiger partial charge is 0.383 e. The number of thiazole rings is 1. The van der Waals surface area contributed by atoms with Gasteiger partial charge in [0.2, 0.25) is 0 Å². The number of nitrogens with one attached hydrogen (secondary N) is 1. The molecule has 6 heteroatoms. The number of aromatic nitrogens is 1. The van der Waals surface area contributed by atoms with Crippen molar-refractivity contribution in [3.8, 4) is 0 Å². The predicted octanol–water partition coefficient (Wildman–Crippen LogP) is 2.73. The first kappa shape index (κ1) is 21.0. The Labute approximate surface area is 182 Å². The van der Waals surface area contributed by atoms with Crippen LogP contribution in [0.1, 0.15) is 29.3 Å². The summed E-state index contributed by atoms with van der Waals surface area (Å²) in [7, 11) is 1.68. The summed E-state index contributed by atoms with van der Waals surface area (Å²) in [5.41, 5.74) is 2.25. The van der Waals surface area contributed by atoms with Crippen LogP contribution in [-0.2, 0) is 16.1 Å². The molecule has 1 unspecified atom stereocenters. The Balaban J connectivity index is 1.40. The Morgan fingerprint density at radius 2 is 2.00 bits per heavy atom. The topological polar surface area (TPSA) is 46.9 Å². The summed E-state index contributed by atoms with van der Waals surface area (Å²) >= 11 is 1.81. The molecule has 0 aliphatic carbocycles. The zero-order valence-electron chi connectivity index (χ0n) is 17.5. The van der Waals surface area contributed by atoms with Crippen molar-refractivity contribution in [1.29, 1.82) is 0 Å². The van der Waals surface area contributed by atoms with Gasteiger partial charge >= 0.3 is 0 Å². The highest BCUT2D eigenvalue weighted by atomic mass is 32.1. The molecule has 158 valence electrons. The van der Waals surface area contributed by atoms with E-state index in [9.17, 15) is 4.79 Å². The van der Waals surface area contributed by atoms with Crippen molar-refractivity contribution in [2.45, 2.75) is 25.3 Å². The Morgan fingerprint density at radius 1 is 1.20 bits per heavy atom. The molecule has 1 saturated heterocycles. The van der Waals surface area contributed by atoms with Crippen LogP contribution in [0.25, 0.3) is 10.2 Å². The zero-order chi connectivity index (χ0) is 20.8. The number of nitrogens with zero attached hydrogens (tertiary/aromatic N) is 2. The van der Waals surface area contributed by atoms with Crippen molar-refractivity contribution in [2.75, 3.05) is 39.9 Å². The smallest absolute Gasteiger partial charge is 0.278 e. The molecule has 1 fully saturated rings. The van der Waals surface area contributed by atoms with Gasteiger partial charge in [-0.3, -0.25) is 4.79 Å². The van der Waals surface area contributed by atoms with Gasteiger partial charge in [0.25, 0.3) is 5.91 Å². The van der Waals surface area contributed by atoms with Crippen molar-refractivity contribution in [1.82, 2.24) is 9.88 Å². The molecule has 1 aliphatic rings. The van der Waals surface area contributed by atoms with Gasteiger partial charge in [0.15, 0.2) is 6.54 Å². The van der Waals surface area contributed by atoms with Crippen LogP contribution in [0.4, 0.5) is 0 Å². The third-order valence-electron chi connectivity index (χ3n) is 5.81. The second-order valence-electron chi connectivity index (χ2n) is 8.03. The highest BCUT2D eigenvalue weighted by Crippen LogP contribution is 2.30. The van der Waals surface area contributed by atoms with Gasteiger partial charge in [0.05, 0.1) is 35.8 Å². The zero-order valence-corrected chi connectivity index (χ0v) is 18.4. The maximum absolute atomic E-state index is 13.1. The van der Waals surface area contributed by atoms with E-state index >= 15 is 0 Å². The molecule has 0 radical (unpaired) electrons. The van der Waals surface area contributed by atoms with E-state index in [1.165, 1.54) is 14.6 Å². The third kappa shape index (κ3) is 5.25. The van der Waals surface area contributed by atoms with E-state index in [-0.39, 0.29) is 5.91 Å². The first-order chi connectivity index (χ1) is 14.7. The number of benzene rings is 2. The molecule has 1 aromatic heterocycles. The number of hydrogen-bond acceptors (Lipinski definition) is 4.